The quantitative estimate of drug-likeness (QED) is 0.487. The molecule has 0 radical (unpaired) electrons. The molecule has 0 bridgehead atoms. The maximum atomic E-state index is 12.4. The molecule has 2 saturated heterocycles. The highest BCUT2D eigenvalue weighted by Gasteiger charge is 2.40. The van der Waals surface area contributed by atoms with Crippen LogP contribution in [0.5, 0.6) is 0 Å². The molecule has 1 amide bonds. The number of sulfonamides is 1. The number of hydrogen-bond acceptors (Lipinski definition) is 6. The van der Waals surface area contributed by atoms with E-state index >= 15 is 0 Å². The number of nitrogens with one attached hydrogen (secondary N) is 1. The molecule has 8 nitrogen and oxygen atoms in total. The lowest BCUT2D eigenvalue weighted by atomic mass is 9.77. The van der Waals surface area contributed by atoms with E-state index in [4.69, 9.17) is 0 Å². The average Bonchev–Trinajstić information content (AvgIpc) is 2.86. The summed E-state index contributed by atoms with van der Waals surface area (Å²) in [4.78, 5) is 13.8. The maximum Gasteiger partial charge on any atom is 0.475 e. The second-order valence-electron chi connectivity index (χ2n) is 5.28. The van der Waals surface area contributed by atoms with Gasteiger partial charge in [-0.3, -0.25) is 4.79 Å². The monoisotopic (exact) mass is 305 g/mol. The summed E-state index contributed by atoms with van der Waals surface area (Å²) in [7, 11) is -4.88. The number of carbonyl (C=O) groups is 1. The summed E-state index contributed by atoms with van der Waals surface area (Å²) in [5, 5.41) is 21.6. The smallest absolute Gasteiger partial charge is 0.426 e. The van der Waals surface area contributed by atoms with E-state index < -0.39 is 29.1 Å². The lowest BCUT2D eigenvalue weighted by molar-refractivity contribution is -0.134. The van der Waals surface area contributed by atoms with E-state index in [2.05, 4.69) is 5.32 Å². The summed E-state index contributed by atoms with van der Waals surface area (Å²) < 4.78 is 24.4. The van der Waals surface area contributed by atoms with Gasteiger partial charge >= 0.3 is 7.12 Å². The van der Waals surface area contributed by atoms with Crippen LogP contribution in [-0.4, -0.2) is 85.1 Å². The van der Waals surface area contributed by atoms with Crippen LogP contribution in [0.2, 0.25) is 0 Å². The maximum absolute atomic E-state index is 12.4. The van der Waals surface area contributed by atoms with Crippen LogP contribution in [0.3, 0.4) is 0 Å². The molecule has 10 heteroatoms. The van der Waals surface area contributed by atoms with E-state index in [1.54, 1.807) is 0 Å². The summed E-state index contributed by atoms with van der Waals surface area (Å²) in [5.41, 5.74) is 0. The number of hydrogen-bond donors (Lipinski definition) is 3. The first-order valence-corrected chi connectivity index (χ1v) is 8.50. The third kappa shape index (κ3) is 3.31. The Hall–Kier alpha value is -0.675. The van der Waals surface area contributed by atoms with E-state index in [-0.39, 0.29) is 12.5 Å². The number of nitrogens with zero attached hydrogens (tertiary/aromatic N) is 2. The first-order chi connectivity index (χ1) is 9.30. The van der Waals surface area contributed by atoms with Gasteiger partial charge in [-0.05, 0) is 12.8 Å². The molecule has 0 spiro atoms. The van der Waals surface area contributed by atoms with Gasteiger partial charge in [0.05, 0.1) is 12.2 Å². The number of rotatable bonds is 3. The van der Waals surface area contributed by atoms with Gasteiger partial charge in [-0.15, -0.1) is 0 Å². The molecule has 2 atom stereocenters. The van der Waals surface area contributed by atoms with Gasteiger partial charge < -0.3 is 20.3 Å². The minimum Gasteiger partial charge on any atom is -0.426 e. The molecular weight excluding hydrogens is 285 g/mol. The van der Waals surface area contributed by atoms with Crippen LogP contribution in [0.25, 0.3) is 0 Å². The highest BCUT2D eigenvalue weighted by atomic mass is 32.2. The Morgan fingerprint density at radius 2 is 2.05 bits per heavy atom. The van der Waals surface area contributed by atoms with Crippen molar-refractivity contribution in [3.63, 3.8) is 0 Å². The van der Waals surface area contributed by atoms with Gasteiger partial charge in [0.25, 0.3) is 0 Å². The topological polar surface area (TPSA) is 110 Å². The van der Waals surface area contributed by atoms with Crippen LogP contribution >= 0.6 is 0 Å². The van der Waals surface area contributed by atoms with Gasteiger partial charge in [0, 0.05) is 26.2 Å². The summed E-state index contributed by atoms with van der Waals surface area (Å²) in [6.07, 6.45) is 2.39. The highest BCUT2D eigenvalue weighted by Crippen LogP contribution is 2.20. The SMILES string of the molecule is CS(=O)(=O)N1CCN[C@H](C(=O)N2CCC[C@H]2B(O)O)C1. The third-order valence-electron chi connectivity index (χ3n) is 3.83. The molecule has 2 rings (SSSR count). The molecule has 0 aromatic rings. The second kappa shape index (κ2) is 5.98. The van der Waals surface area contributed by atoms with E-state index in [1.165, 1.54) is 9.21 Å². The molecule has 2 aliphatic heterocycles. The molecule has 0 aromatic carbocycles. The predicted molar refractivity (Wildman–Crippen MR) is 73.1 cm³/mol. The lowest BCUT2D eigenvalue weighted by Crippen LogP contribution is -2.60. The number of piperazine rings is 1. The van der Waals surface area contributed by atoms with E-state index in [9.17, 15) is 23.3 Å². The van der Waals surface area contributed by atoms with Crippen LogP contribution in [-0.2, 0) is 14.8 Å². The largest absolute Gasteiger partial charge is 0.475 e. The highest BCUT2D eigenvalue weighted by molar-refractivity contribution is 7.88. The van der Waals surface area contributed by atoms with Gasteiger partial charge in [-0.25, -0.2) is 8.42 Å². The first kappa shape index (κ1) is 15.7. The van der Waals surface area contributed by atoms with Crippen molar-refractivity contribution in [1.29, 1.82) is 0 Å². The summed E-state index contributed by atoms with van der Waals surface area (Å²) in [5.74, 6) is -0.869. The molecule has 2 heterocycles. The Bertz CT molecular complexity index is 472. The predicted octanol–water partition coefficient (Wildman–Crippen LogP) is -2.78. The van der Waals surface area contributed by atoms with Crippen molar-refractivity contribution >= 4 is 23.0 Å². The van der Waals surface area contributed by atoms with E-state index in [0.29, 0.717) is 26.1 Å². The van der Waals surface area contributed by atoms with Gasteiger partial charge in [-0.2, -0.15) is 4.31 Å². The Kier molecular flexibility index (Phi) is 4.70. The van der Waals surface area contributed by atoms with E-state index in [1.807, 2.05) is 0 Å². The van der Waals surface area contributed by atoms with Crippen LogP contribution in [0, 0.1) is 0 Å². The molecule has 20 heavy (non-hydrogen) atoms. The zero-order valence-corrected chi connectivity index (χ0v) is 12.2. The summed E-state index contributed by atoms with van der Waals surface area (Å²) >= 11 is 0. The Labute approximate surface area is 118 Å². The Morgan fingerprint density at radius 3 is 2.65 bits per heavy atom. The van der Waals surface area contributed by atoms with E-state index in [0.717, 1.165) is 12.7 Å². The Balaban J connectivity index is 2.05. The minimum atomic E-state index is -3.32. The zero-order valence-electron chi connectivity index (χ0n) is 11.4. The molecule has 114 valence electrons. The van der Waals surface area contributed by atoms with Crippen LogP contribution in [0.4, 0.5) is 0 Å². The van der Waals surface area contributed by atoms with Crippen molar-refractivity contribution in [1.82, 2.24) is 14.5 Å². The fourth-order valence-electron chi connectivity index (χ4n) is 2.77. The summed E-state index contributed by atoms with van der Waals surface area (Å²) in [6.45, 7) is 1.30. The zero-order chi connectivity index (χ0) is 14.9. The molecule has 3 N–H and O–H groups in total. The van der Waals surface area contributed by atoms with Crippen LogP contribution < -0.4 is 5.32 Å². The molecular formula is C10H20BN3O5S. The number of amides is 1. The third-order valence-corrected chi connectivity index (χ3v) is 5.10. The Morgan fingerprint density at radius 1 is 1.35 bits per heavy atom. The van der Waals surface area contributed by atoms with Gasteiger partial charge in [0.15, 0.2) is 0 Å². The van der Waals surface area contributed by atoms with Crippen LogP contribution in [0.1, 0.15) is 12.8 Å². The fourth-order valence-corrected chi connectivity index (χ4v) is 3.61. The normalized spacial score (nSPS) is 28.6. The average molecular weight is 305 g/mol. The number of carbonyl (C=O) groups excluding carboxylic acids is 1. The first-order valence-electron chi connectivity index (χ1n) is 6.66. The standard InChI is InChI=1S/C10H20BN3O5S/c1-20(18,19)13-6-4-12-8(7-13)10(15)14-5-2-3-9(14)11(16)17/h8-9,12,16-17H,2-7H2,1H3/t8-,9-/m0/s1. The number of likely N-dealkylation sites (tertiary alicyclic amines) is 1. The molecule has 0 aromatic heterocycles. The molecule has 2 aliphatic rings. The lowest BCUT2D eigenvalue weighted by Gasteiger charge is -2.35. The summed E-state index contributed by atoms with van der Waals surface area (Å²) in [6, 6.07) is -0.627. The van der Waals surface area contributed by atoms with Crippen molar-refractivity contribution in [2.24, 2.45) is 0 Å². The van der Waals surface area contributed by atoms with Crippen molar-refractivity contribution < 1.29 is 23.3 Å². The molecule has 0 unspecified atom stereocenters. The molecule has 0 aliphatic carbocycles. The minimum absolute atomic E-state index is 0.0857. The molecule has 0 saturated carbocycles. The van der Waals surface area contributed by atoms with Crippen molar-refractivity contribution in [2.45, 2.75) is 24.8 Å². The van der Waals surface area contributed by atoms with Gasteiger partial charge in [0.2, 0.25) is 15.9 Å². The van der Waals surface area contributed by atoms with Crippen molar-refractivity contribution in [2.75, 3.05) is 32.4 Å². The van der Waals surface area contributed by atoms with Crippen LogP contribution in [0.15, 0.2) is 0 Å². The van der Waals surface area contributed by atoms with Gasteiger partial charge in [-0.1, -0.05) is 0 Å². The van der Waals surface area contributed by atoms with Crippen molar-refractivity contribution in [3.8, 4) is 0 Å². The van der Waals surface area contributed by atoms with Gasteiger partial charge in [0.1, 0.15) is 6.04 Å². The fraction of sp³-hybridized carbons (Fsp3) is 0.900. The second-order valence-corrected chi connectivity index (χ2v) is 7.26. The molecule has 2 fully saturated rings. The van der Waals surface area contributed by atoms with Crippen molar-refractivity contribution in [3.05, 3.63) is 0 Å².